The van der Waals surface area contributed by atoms with Gasteiger partial charge in [0.15, 0.2) is 11.5 Å². The van der Waals surface area contributed by atoms with E-state index in [0.717, 1.165) is 0 Å². The van der Waals surface area contributed by atoms with E-state index in [1.807, 2.05) is 0 Å². The molecule has 116 valence electrons. The number of halogens is 2. The Balaban J connectivity index is 1.74. The van der Waals surface area contributed by atoms with Crippen molar-refractivity contribution >= 4 is 0 Å². The Morgan fingerprint density at radius 2 is 1.95 bits per heavy atom. The van der Waals surface area contributed by atoms with Gasteiger partial charge >= 0.3 is 6.29 Å². The highest BCUT2D eigenvalue weighted by atomic mass is 19.3. The molecule has 2 aromatic rings. The first-order valence-corrected chi connectivity index (χ1v) is 6.53. The first-order valence-electron chi connectivity index (χ1n) is 6.53. The fourth-order valence-electron chi connectivity index (χ4n) is 2.12. The van der Waals surface area contributed by atoms with Crippen LogP contribution in [0.25, 0.3) is 0 Å². The molecule has 1 aromatic heterocycles. The summed E-state index contributed by atoms with van der Waals surface area (Å²) in [5.41, 5.74) is 0.776. The second-order valence-corrected chi connectivity index (χ2v) is 4.74. The summed E-state index contributed by atoms with van der Waals surface area (Å²) in [7, 11) is 0. The van der Waals surface area contributed by atoms with Crippen molar-refractivity contribution in [2.24, 2.45) is 0 Å². The Morgan fingerprint density at radius 1 is 1.18 bits per heavy atom. The van der Waals surface area contributed by atoms with Crippen molar-refractivity contribution in [3.05, 3.63) is 51.9 Å². The maximum atomic E-state index is 12.9. The van der Waals surface area contributed by atoms with E-state index in [9.17, 15) is 13.6 Å². The Hall–Kier alpha value is -2.48. The maximum absolute atomic E-state index is 12.9. The number of aliphatic hydroxyl groups is 1. The van der Waals surface area contributed by atoms with Crippen LogP contribution >= 0.6 is 0 Å². The zero-order valence-corrected chi connectivity index (χ0v) is 11.3. The number of fused-ring (bicyclic) bond motifs is 1. The smallest absolute Gasteiger partial charge is 0.395 e. The number of hydrogen-bond donors (Lipinski definition) is 1. The minimum atomic E-state index is -3.64. The molecule has 0 aliphatic carbocycles. The molecule has 1 aliphatic heterocycles. The first-order chi connectivity index (χ1) is 10.5. The molecule has 0 saturated heterocycles. The minimum Gasteiger partial charge on any atom is -0.395 e. The van der Waals surface area contributed by atoms with Crippen molar-refractivity contribution in [3.63, 3.8) is 0 Å². The topological polar surface area (TPSA) is 73.6 Å². The predicted molar refractivity (Wildman–Crippen MR) is 70.8 cm³/mol. The third-order valence-corrected chi connectivity index (χ3v) is 3.16. The zero-order valence-electron chi connectivity index (χ0n) is 11.3. The van der Waals surface area contributed by atoms with Crippen LogP contribution in [-0.2, 0) is 19.6 Å². The summed E-state index contributed by atoms with van der Waals surface area (Å²) in [6.45, 7) is -0.0118. The van der Waals surface area contributed by atoms with Gasteiger partial charge in [0.2, 0.25) is 0 Å². The number of nitrogens with zero attached hydrogens (tertiary/aromatic N) is 2. The highest BCUT2D eigenvalue weighted by Gasteiger charge is 2.43. The molecule has 0 radical (unpaired) electrons. The van der Waals surface area contributed by atoms with Crippen LogP contribution < -0.4 is 15.0 Å². The Bertz CT molecular complexity index is 761. The molecule has 22 heavy (non-hydrogen) atoms. The van der Waals surface area contributed by atoms with E-state index >= 15 is 0 Å². The predicted octanol–water partition coefficient (Wildman–Crippen LogP) is 1.30. The van der Waals surface area contributed by atoms with Crippen LogP contribution in [0.2, 0.25) is 0 Å². The number of rotatable bonds is 4. The number of alkyl halides is 2. The lowest BCUT2D eigenvalue weighted by atomic mass is 10.1. The second kappa shape index (κ2) is 5.38. The van der Waals surface area contributed by atoms with Gasteiger partial charge in [0.25, 0.3) is 5.56 Å². The maximum Gasteiger partial charge on any atom is 0.586 e. The number of hydrogen-bond acceptors (Lipinski definition) is 5. The van der Waals surface area contributed by atoms with E-state index < -0.39 is 6.29 Å². The minimum absolute atomic E-state index is 0.0219. The average Bonchev–Trinajstić information content (AvgIpc) is 2.79. The number of ether oxygens (including phenoxy) is 2. The summed E-state index contributed by atoms with van der Waals surface area (Å²) < 4.78 is 35.8. The van der Waals surface area contributed by atoms with Crippen LogP contribution in [0.1, 0.15) is 11.3 Å². The van der Waals surface area contributed by atoms with Crippen molar-refractivity contribution in [2.75, 3.05) is 0 Å². The molecule has 0 spiro atoms. The van der Waals surface area contributed by atoms with Gasteiger partial charge in [-0.1, -0.05) is 6.07 Å². The Kier molecular flexibility index (Phi) is 3.53. The number of aryl methyl sites for hydroxylation is 2. The third kappa shape index (κ3) is 2.91. The van der Waals surface area contributed by atoms with E-state index in [1.165, 1.54) is 28.9 Å². The monoisotopic (exact) mass is 310 g/mol. The van der Waals surface area contributed by atoms with Gasteiger partial charge in [-0.05, 0) is 30.2 Å². The summed E-state index contributed by atoms with van der Waals surface area (Å²) in [5.74, 6) is -0.0572. The highest BCUT2D eigenvalue weighted by Crippen LogP contribution is 2.41. The fraction of sp³-hybridized carbons (Fsp3) is 0.286. The summed E-state index contributed by atoms with van der Waals surface area (Å²) in [6.07, 6.45) is -3.25. The fourth-order valence-corrected chi connectivity index (χ4v) is 2.12. The van der Waals surface area contributed by atoms with E-state index in [2.05, 4.69) is 14.6 Å². The molecule has 0 bridgehead atoms. The number of aliphatic hydroxyl groups excluding tert-OH is 1. The van der Waals surface area contributed by atoms with Gasteiger partial charge in [-0.25, -0.2) is 4.68 Å². The largest absolute Gasteiger partial charge is 0.586 e. The lowest BCUT2D eigenvalue weighted by Crippen LogP contribution is -2.25. The van der Waals surface area contributed by atoms with Crippen LogP contribution in [0.5, 0.6) is 11.5 Å². The van der Waals surface area contributed by atoms with Gasteiger partial charge < -0.3 is 14.6 Å². The van der Waals surface area contributed by atoms with Crippen LogP contribution in [0, 0.1) is 0 Å². The molecule has 0 atom stereocenters. The molecule has 0 fully saturated rings. The van der Waals surface area contributed by atoms with E-state index in [4.69, 9.17) is 5.11 Å². The lowest BCUT2D eigenvalue weighted by Gasteiger charge is -2.06. The lowest BCUT2D eigenvalue weighted by molar-refractivity contribution is -0.286. The molecule has 0 unspecified atom stereocenters. The van der Waals surface area contributed by atoms with Crippen molar-refractivity contribution in [1.29, 1.82) is 0 Å². The third-order valence-electron chi connectivity index (χ3n) is 3.16. The van der Waals surface area contributed by atoms with Gasteiger partial charge in [-0.3, -0.25) is 4.79 Å². The molecule has 0 saturated carbocycles. The average molecular weight is 310 g/mol. The highest BCUT2D eigenvalue weighted by molar-refractivity contribution is 5.45. The quantitative estimate of drug-likeness (QED) is 0.921. The SMILES string of the molecule is O=c1ccc(CO)nn1CCc1ccc2c(c1)OC(F)(F)O2. The van der Waals surface area contributed by atoms with Crippen molar-refractivity contribution in [1.82, 2.24) is 9.78 Å². The van der Waals surface area contributed by atoms with Crippen molar-refractivity contribution < 1.29 is 23.4 Å². The van der Waals surface area contributed by atoms with Crippen LogP contribution in [0.3, 0.4) is 0 Å². The number of aromatic nitrogens is 2. The van der Waals surface area contributed by atoms with Gasteiger partial charge in [0, 0.05) is 12.6 Å². The molecule has 1 aromatic carbocycles. The van der Waals surface area contributed by atoms with Crippen molar-refractivity contribution in [3.8, 4) is 11.5 Å². The van der Waals surface area contributed by atoms with E-state index in [-0.39, 0.29) is 30.2 Å². The van der Waals surface area contributed by atoms with Crippen LogP contribution in [-0.4, -0.2) is 21.2 Å². The summed E-state index contributed by atoms with van der Waals surface area (Å²) in [4.78, 5) is 11.7. The summed E-state index contributed by atoms with van der Waals surface area (Å²) in [6, 6.07) is 7.22. The van der Waals surface area contributed by atoms with E-state index in [1.54, 1.807) is 6.07 Å². The van der Waals surface area contributed by atoms with Crippen LogP contribution in [0.15, 0.2) is 35.1 Å². The van der Waals surface area contributed by atoms with Crippen molar-refractivity contribution in [2.45, 2.75) is 25.9 Å². The zero-order chi connectivity index (χ0) is 15.7. The first kappa shape index (κ1) is 14.5. The molecule has 1 aliphatic rings. The molecule has 1 N–H and O–H groups in total. The molecule has 0 amide bonds. The Morgan fingerprint density at radius 3 is 2.73 bits per heavy atom. The molecule has 2 heterocycles. The normalized spacial score (nSPS) is 15.0. The second-order valence-electron chi connectivity index (χ2n) is 4.74. The molecular weight excluding hydrogens is 298 g/mol. The van der Waals surface area contributed by atoms with Gasteiger partial charge in [0.05, 0.1) is 12.3 Å². The standard InChI is InChI=1S/C14H12F2N2O4/c15-14(16)21-11-3-1-9(7-12(11)22-14)5-6-18-13(20)4-2-10(8-19)17-18/h1-4,7,19H,5-6,8H2. The van der Waals surface area contributed by atoms with Crippen LogP contribution in [0.4, 0.5) is 8.78 Å². The summed E-state index contributed by atoms with van der Waals surface area (Å²) >= 11 is 0. The van der Waals surface area contributed by atoms with E-state index in [0.29, 0.717) is 17.7 Å². The molecule has 3 rings (SSSR count). The van der Waals surface area contributed by atoms with Gasteiger partial charge in [0.1, 0.15) is 0 Å². The Labute approximate surface area is 123 Å². The van der Waals surface area contributed by atoms with Gasteiger partial charge in [-0.2, -0.15) is 5.10 Å². The molecule has 8 heteroatoms. The molecule has 6 nitrogen and oxygen atoms in total. The summed E-state index contributed by atoms with van der Waals surface area (Å²) in [5, 5.41) is 13.0. The molecular formula is C14H12F2N2O4. The number of benzene rings is 1. The van der Waals surface area contributed by atoms with Gasteiger partial charge in [-0.15, -0.1) is 8.78 Å².